The Bertz CT molecular complexity index is 335. The minimum Gasteiger partial charge on any atom is -0.480 e. The minimum absolute atomic E-state index is 0.872. The van der Waals surface area contributed by atoms with Crippen LogP contribution in [0.25, 0.3) is 0 Å². The molecule has 0 aliphatic carbocycles. The third-order valence-corrected chi connectivity index (χ3v) is 2.15. The molecule has 0 spiro atoms. The highest BCUT2D eigenvalue weighted by atomic mass is 19.4. The first kappa shape index (κ1) is 17.5. The molecule has 19 heavy (non-hydrogen) atoms. The largest absolute Gasteiger partial charge is 0.480 e. The second-order valence-corrected chi connectivity index (χ2v) is 4.08. The Hall–Kier alpha value is -1.48. The molecule has 0 heterocycles. The van der Waals surface area contributed by atoms with Gasteiger partial charge in [-0.1, -0.05) is 13.8 Å². The van der Waals surface area contributed by atoms with Crippen molar-refractivity contribution < 1.29 is 41.0 Å². The Morgan fingerprint density at radius 2 is 1.37 bits per heavy atom. The maximum absolute atomic E-state index is 12.2. The van der Waals surface area contributed by atoms with Gasteiger partial charge in [0.05, 0.1) is 0 Å². The van der Waals surface area contributed by atoms with E-state index in [4.69, 9.17) is 5.11 Å². The summed E-state index contributed by atoms with van der Waals surface area (Å²) in [6.07, 6.45) is -11.7. The average molecular weight is 295 g/mol. The average Bonchev–Trinajstić information content (AvgIpc) is 2.07. The van der Waals surface area contributed by atoms with E-state index in [1.807, 2.05) is 0 Å². The predicted octanol–water partition coefficient (Wildman–Crippen LogP) is 1.95. The molecule has 0 aliphatic rings. The van der Waals surface area contributed by atoms with Crippen molar-refractivity contribution in [1.29, 1.82) is 0 Å². The normalized spacial score (nSPS) is 14.6. The highest BCUT2D eigenvalue weighted by molar-refractivity contribution is 5.86. The van der Waals surface area contributed by atoms with Crippen molar-refractivity contribution in [3.63, 3.8) is 0 Å². The van der Waals surface area contributed by atoms with Gasteiger partial charge in [-0.05, 0) is 5.92 Å². The third kappa shape index (κ3) is 4.95. The lowest BCUT2D eigenvalue weighted by atomic mass is 10.0. The lowest BCUT2D eigenvalue weighted by Gasteiger charge is -2.25. The number of amides is 1. The van der Waals surface area contributed by atoms with Crippen molar-refractivity contribution in [1.82, 2.24) is 5.32 Å². The molecule has 0 unspecified atom stereocenters. The van der Waals surface area contributed by atoms with Gasteiger partial charge >= 0.3 is 18.3 Å². The molecule has 0 aromatic rings. The smallest absolute Gasteiger partial charge is 0.409 e. The van der Waals surface area contributed by atoms with Crippen LogP contribution < -0.4 is 5.32 Å². The van der Waals surface area contributed by atoms with Gasteiger partial charge in [-0.3, -0.25) is 4.79 Å². The van der Waals surface area contributed by atoms with Crippen LogP contribution >= 0.6 is 0 Å². The van der Waals surface area contributed by atoms with Crippen LogP contribution in [0.4, 0.5) is 26.3 Å². The molecular weight excluding hydrogens is 284 g/mol. The molecule has 10 heteroatoms. The van der Waals surface area contributed by atoms with E-state index in [0.29, 0.717) is 0 Å². The quantitative estimate of drug-likeness (QED) is 0.779. The zero-order valence-corrected chi connectivity index (χ0v) is 9.76. The van der Waals surface area contributed by atoms with Gasteiger partial charge in [-0.2, -0.15) is 26.3 Å². The van der Waals surface area contributed by atoms with Gasteiger partial charge in [0.15, 0.2) is 0 Å². The maximum Gasteiger partial charge on any atom is 0.409 e. The predicted molar refractivity (Wildman–Crippen MR) is 50.0 cm³/mol. The lowest BCUT2D eigenvalue weighted by Crippen LogP contribution is -2.53. The molecule has 0 radical (unpaired) electrons. The van der Waals surface area contributed by atoms with Gasteiger partial charge < -0.3 is 10.4 Å². The Balaban J connectivity index is 5.20. The zero-order chi connectivity index (χ0) is 15.6. The van der Waals surface area contributed by atoms with Crippen molar-refractivity contribution in [3.8, 4) is 0 Å². The molecule has 0 saturated heterocycles. The van der Waals surface area contributed by atoms with Crippen molar-refractivity contribution in [2.45, 2.75) is 32.2 Å². The van der Waals surface area contributed by atoms with E-state index in [9.17, 15) is 35.9 Å². The van der Waals surface area contributed by atoms with Gasteiger partial charge in [0.1, 0.15) is 6.04 Å². The molecule has 0 fully saturated rings. The van der Waals surface area contributed by atoms with E-state index in [0.717, 1.165) is 0 Å². The molecule has 2 N–H and O–H groups in total. The highest BCUT2D eigenvalue weighted by Gasteiger charge is 2.61. The molecule has 0 aliphatic heterocycles. The summed E-state index contributed by atoms with van der Waals surface area (Å²) in [6, 6.07) is -1.83. The van der Waals surface area contributed by atoms with Crippen molar-refractivity contribution in [2.24, 2.45) is 11.8 Å². The van der Waals surface area contributed by atoms with Crippen molar-refractivity contribution in [2.75, 3.05) is 0 Å². The van der Waals surface area contributed by atoms with E-state index in [1.54, 1.807) is 0 Å². The standard InChI is InChI=1S/C9H11F6NO3/c1-3(2)4(7(18)19)16-6(17)5(8(10,11)12)9(13,14)15/h3-5H,1-2H3,(H,16,17)(H,18,19)/t4-/m0/s1. The molecule has 0 aromatic heterocycles. The summed E-state index contributed by atoms with van der Waals surface area (Å²) >= 11 is 0. The summed E-state index contributed by atoms with van der Waals surface area (Å²) in [6.45, 7) is 2.46. The number of nitrogens with one attached hydrogen (secondary N) is 1. The zero-order valence-electron chi connectivity index (χ0n) is 9.76. The molecule has 0 aromatic carbocycles. The first-order valence-electron chi connectivity index (χ1n) is 4.95. The van der Waals surface area contributed by atoms with E-state index in [-0.39, 0.29) is 0 Å². The first-order valence-corrected chi connectivity index (χ1v) is 4.95. The van der Waals surface area contributed by atoms with Crippen LogP contribution in [0.5, 0.6) is 0 Å². The van der Waals surface area contributed by atoms with Crippen LogP contribution in [0.15, 0.2) is 0 Å². The van der Waals surface area contributed by atoms with Gasteiger partial charge in [-0.15, -0.1) is 0 Å². The summed E-state index contributed by atoms with van der Waals surface area (Å²) in [7, 11) is 0. The van der Waals surface area contributed by atoms with Gasteiger partial charge in [-0.25, -0.2) is 4.79 Å². The van der Waals surface area contributed by atoms with Gasteiger partial charge in [0.25, 0.3) is 0 Å². The van der Waals surface area contributed by atoms with Crippen LogP contribution in [-0.2, 0) is 9.59 Å². The summed E-state index contributed by atoms with van der Waals surface area (Å²) in [4.78, 5) is 21.7. The lowest BCUT2D eigenvalue weighted by molar-refractivity contribution is -0.274. The number of aliphatic carboxylic acids is 1. The van der Waals surface area contributed by atoms with Crippen LogP contribution in [0.1, 0.15) is 13.8 Å². The summed E-state index contributed by atoms with van der Waals surface area (Å²) in [5.74, 6) is -9.27. The minimum atomic E-state index is -5.84. The molecule has 112 valence electrons. The Morgan fingerprint density at radius 1 is 1.00 bits per heavy atom. The number of hydrogen-bond donors (Lipinski definition) is 2. The number of carboxylic acids is 1. The van der Waals surface area contributed by atoms with E-state index >= 15 is 0 Å². The van der Waals surface area contributed by atoms with Crippen LogP contribution in [0.2, 0.25) is 0 Å². The van der Waals surface area contributed by atoms with E-state index in [1.165, 1.54) is 19.2 Å². The maximum atomic E-state index is 12.2. The number of hydrogen-bond acceptors (Lipinski definition) is 2. The molecule has 1 atom stereocenters. The van der Waals surface area contributed by atoms with Crippen LogP contribution in [0.3, 0.4) is 0 Å². The van der Waals surface area contributed by atoms with Crippen molar-refractivity contribution in [3.05, 3.63) is 0 Å². The Morgan fingerprint density at radius 3 is 1.58 bits per heavy atom. The molecule has 0 bridgehead atoms. The Labute approximate surface area is 103 Å². The van der Waals surface area contributed by atoms with Gasteiger partial charge in [0, 0.05) is 0 Å². The number of carboxylic acid groups (broad SMARTS) is 1. The molecule has 0 rings (SSSR count). The van der Waals surface area contributed by atoms with Gasteiger partial charge in [0.2, 0.25) is 11.8 Å². The van der Waals surface area contributed by atoms with Crippen LogP contribution in [-0.4, -0.2) is 35.4 Å². The summed E-state index contributed by atoms with van der Waals surface area (Å²) in [5.41, 5.74) is 0. The number of carbonyl (C=O) groups excluding carboxylic acids is 1. The summed E-state index contributed by atoms with van der Waals surface area (Å²) in [5, 5.41) is 9.85. The topological polar surface area (TPSA) is 66.4 Å². The molecule has 1 amide bonds. The van der Waals surface area contributed by atoms with E-state index in [2.05, 4.69) is 0 Å². The fraction of sp³-hybridized carbons (Fsp3) is 0.778. The fourth-order valence-corrected chi connectivity index (χ4v) is 1.23. The number of alkyl halides is 6. The third-order valence-electron chi connectivity index (χ3n) is 2.15. The number of halogens is 6. The summed E-state index contributed by atoms with van der Waals surface area (Å²) < 4.78 is 73.1. The monoisotopic (exact) mass is 295 g/mol. The Kier molecular flexibility index (Phi) is 5.22. The molecular formula is C9H11F6NO3. The molecule has 4 nitrogen and oxygen atoms in total. The van der Waals surface area contributed by atoms with E-state index < -0.39 is 42.1 Å². The van der Waals surface area contributed by atoms with Crippen LogP contribution in [0, 0.1) is 11.8 Å². The number of rotatable bonds is 4. The second-order valence-electron chi connectivity index (χ2n) is 4.08. The SMILES string of the molecule is CC(C)[C@H](NC(=O)C(C(F)(F)F)C(F)(F)F)C(=O)O. The molecule has 0 saturated carbocycles. The fourth-order valence-electron chi connectivity index (χ4n) is 1.23. The highest BCUT2D eigenvalue weighted by Crippen LogP contribution is 2.39. The second kappa shape index (κ2) is 5.66. The first-order chi connectivity index (χ1) is 8.28. The van der Waals surface area contributed by atoms with Crippen molar-refractivity contribution >= 4 is 11.9 Å². The number of carbonyl (C=O) groups is 2.